The highest BCUT2D eigenvalue weighted by Crippen LogP contribution is 1.90. The summed E-state index contributed by atoms with van der Waals surface area (Å²) in [6, 6.07) is 0. The zero-order chi connectivity index (χ0) is 11.8. The highest BCUT2D eigenvalue weighted by atomic mass is 32.1. The van der Waals surface area contributed by atoms with Crippen molar-refractivity contribution in [2.24, 2.45) is 11.5 Å². The first kappa shape index (κ1) is 18.9. The van der Waals surface area contributed by atoms with E-state index in [9.17, 15) is 0 Å². The quantitative estimate of drug-likeness (QED) is 0.410. The average Bonchev–Trinajstić information content (AvgIpc) is 2.07. The van der Waals surface area contributed by atoms with Gasteiger partial charge in [0.2, 0.25) is 6.41 Å². The van der Waals surface area contributed by atoms with Crippen molar-refractivity contribution >= 4 is 24.1 Å². The fourth-order valence-corrected chi connectivity index (χ4v) is 0.518. The monoisotopic (exact) mass is 224 g/mol. The minimum Gasteiger partial charge on any atom is -0.396 e. The Hall–Kier alpha value is -0.720. The van der Waals surface area contributed by atoms with Crippen LogP contribution in [0.1, 0.15) is 20.8 Å². The molecule has 4 N–H and O–H groups in total. The number of hydrogen-bond acceptors (Lipinski definition) is 4. The van der Waals surface area contributed by atoms with Crippen LogP contribution in [0.5, 0.6) is 0 Å². The molecule has 0 unspecified atom stereocenters. The Morgan fingerprint density at radius 3 is 1.64 bits per heavy atom. The van der Waals surface area contributed by atoms with Crippen molar-refractivity contribution < 1.29 is 14.3 Å². The third kappa shape index (κ3) is 42.8. The van der Waals surface area contributed by atoms with Crippen molar-refractivity contribution in [3.05, 3.63) is 0 Å². The lowest BCUT2D eigenvalue weighted by atomic mass is 10.7. The van der Waals surface area contributed by atoms with E-state index in [2.05, 4.69) is 23.7 Å². The maximum atomic E-state index is 8.58. The number of thiocarbonyl (C=S) groups is 1. The van der Waals surface area contributed by atoms with E-state index in [1.54, 1.807) is 0 Å². The van der Waals surface area contributed by atoms with E-state index in [0.29, 0.717) is 0 Å². The summed E-state index contributed by atoms with van der Waals surface area (Å²) in [5, 5.41) is 0. The number of hydrogen-bond donors (Lipinski definition) is 2. The molecule has 14 heavy (non-hydrogen) atoms. The first-order valence-corrected chi connectivity index (χ1v) is 4.65. The summed E-state index contributed by atoms with van der Waals surface area (Å²) < 4.78 is 10.1. The van der Waals surface area contributed by atoms with Crippen molar-refractivity contribution in [2.45, 2.75) is 27.1 Å². The van der Waals surface area contributed by atoms with Gasteiger partial charge in [-0.25, -0.2) is 0 Å². The molecule has 0 rings (SSSR count). The molecule has 0 aliphatic carbocycles. The fourth-order valence-electron chi connectivity index (χ4n) is 0.518. The van der Waals surface area contributed by atoms with Gasteiger partial charge < -0.3 is 20.9 Å². The normalized spacial score (nSPS) is 7.71. The number of primary amides is 1. The third-order valence-electron chi connectivity index (χ3n) is 0.803. The van der Waals surface area contributed by atoms with Crippen molar-refractivity contribution in [3.8, 4) is 0 Å². The molecule has 6 heteroatoms. The van der Waals surface area contributed by atoms with Crippen LogP contribution in [0, 0.1) is 0 Å². The largest absolute Gasteiger partial charge is 0.396 e. The molecule has 0 aliphatic heterocycles. The third-order valence-corrected chi connectivity index (χ3v) is 0.803. The van der Waals surface area contributed by atoms with Crippen LogP contribution >= 0.6 is 12.2 Å². The average molecular weight is 224 g/mol. The van der Waals surface area contributed by atoms with Gasteiger partial charge in [0, 0.05) is 13.2 Å². The van der Waals surface area contributed by atoms with Gasteiger partial charge in [0.25, 0.3) is 0 Å². The Balaban J connectivity index is -0.000000168. The number of amides is 1. The number of ether oxygens (including phenoxy) is 2. The lowest BCUT2D eigenvalue weighted by molar-refractivity contribution is -0.123. The predicted octanol–water partition coefficient (Wildman–Crippen LogP) is 0.409. The van der Waals surface area contributed by atoms with E-state index in [4.69, 9.17) is 14.3 Å². The van der Waals surface area contributed by atoms with Crippen LogP contribution in [0.15, 0.2) is 0 Å². The fraction of sp³-hybridized carbons (Fsp3) is 0.750. The van der Waals surface area contributed by atoms with Gasteiger partial charge in [0.15, 0.2) is 6.29 Å². The van der Waals surface area contributed by atoms with Gasteiger partial charge in [-0.2, -0.15) is 0 Å². The molecule has 0 heterocycles. The standard InChI is InChI=1S/C6H14O2.CH3NO.CH3NS/c1-4-7-6(3)8-5-2;2*2-1-3/h6H,4-5H2,1-3H3;2*1H,(H2,2,3). The zero-order valence-electron chi connectivity index (χ0n) is 8.93. The van der Waals surface area contributed by atoms with E-state index in [0.717, 1.165) is 18.7 Å². The van der Waals surface area contributed by atoms with Gasteiger partial charge in [0.1, 0.15) is 0 Å². The molecule has 0 fully saturated rings. The molecule has 0 bridgehead atoms. The molecule has 5 nitrogen and oxygen atoms in total. The van der Waals surface area contributed by atoms with Gasteiger partial charge in [0.05, 0.1) is 5.49 Å². The van der Waals surface area contributed by atoms with Gasteiger partial charge in [-0.15, -0.1) is 0 Å². The first-order chi connectivity index (χ1) is 6.64. The maximum absolute atomic E-state index is 8.58. The van der Waals surface area contributed by atoms with E-state index < -0.39 is 0 Å². The summed E-state index contributed by atoms with van der Waals surface area (Å²) in [6.07, 6.45) is 0.213. The molecule has 0 spiro atoms. The van der Waals surface area contributed by atoms with Crippen LogP contribution in [-0.2, 0) is 14.3 Å². The van der Waals surface area contributed by atoms with E-state index >= 15 is 0 Å². The van der Waals surface area contributed by atoms with Gasteiger partial charge in [-0.3, -0.25) is 4.79 Å². The summed E-state index contributed by atoms with van der Waals surface area (Å²) in [6.45, 7) is 7.25. The second-order valence-electron chi connectivity index (χ2n) is 1.75. The summed E-state index contributed by atoms with van der Waals surface area (Å²) in [5.41, 5.74) is 9.79. The van der Waals surface area contributed by atoms with Gasteiger partial charge in [-0.1, -0.05) is 12.2 Å². The number of carbonyl (C=O) groups is 1. The van der Waals surface area contributed by atoms with Crippen molar-refractivity contribution in [2.75, 3.05) is 13.2 Å². The molecule has 0 aromatic heterocycles. The molecule has 0 saturated heterocycles. The number of carbonyl (C=O) groups excluding carboxylic acids is 1. The molecule has 0 aromatic carbocycles. The van der Waals surface area contributed by atoms with Crippen LogP contribution in [0.4, 0.5) is 0 Å². The highest BCUT2D eigenvalue weighted by Gasteiger charge is 1.94. The molecule has 0 saturated carbocycles. The Bertz CT molecular complexity index is 103. The van der Waals surface area contributed by atoms with E-state index in [-0.39, 0.29) is 12.7 Å². The first-order valence-electron chi connectivity index (χ1n) is 4.18. The van der Waals surface area contributed by atoms with Crippen LogP contribution in [-0.4, -0.2) is 31.4 Å². The SMILES string of the molecule is CCOC(C)OCC.NC=O.NC=S. The van der Waals surface area contributed by atoms with Gasteiger partial charge >= 0.3 is 0 Å². The van der Waals surface area contributed by atoms with Crippen LogP contribution in [0.3, 0.4) is 0 Å². The van der Waals surface area contributed by atoms with Crippen molar-refractivity contribution in [3.63, 3.8) is 0 Å². The minimum atomic E-state index is -0.0370. The van der Waals surface area contributed by atoms with Crippen LogP contribution in [0.2, 0.25) is 0 Å². The summed E-state index contributed by atoms with van der Waals surface area (Å²) >= 11 is 4.05. The summed E-state index contributed by atoms with van der Waals surface area (Å²) in [4.78, 5) is 8.58. The summed E-state index contributed by atoms with van der Waals surface area (Å²) in [7, 11) is 0. The van der Waals surface area contributed by atoms with Crippen LogP contribution in [0.25, 0.3) is 0 Å². The Morgan fingerprint density at radius 2 is 1.50 bits per heavy atom. The Morgan fingerprint density at radius 1 is 1.29 bits per heavy atom. The maximum Gasteiger partial charge on any atom is 0.204 e. The molecular weight excluding hydrogens is 204 g/mol. The van der Waals surface area contributed by atoms with Crippen molar-refractivity contribution in [1.82, 2.24) is 0 Å². The Kier molecular flexibility index (Phi) is 30.8. The lowest BCUT2D eigenvalue weighted by Gasteiger charge is -2.09. The van der Waals surface area contributed by atoms with Crippen LogP contribution < -0.4 is 11.5 Å². The van der Waals surface area contributed by atoms with E-state index in [1.165, 1.54) is 0 Å². The second kappa shape index (κ2) is 22.8. The lowest BCUT2D eigenvalue weighted by Crippen LogP contribution is -2.11. The molecule has 0 atom stereocenters. The molecule has 1 amide bonds. The van der Waals surface area contributed by atoms with Gasteiger partial charge in [-0.05, 0) is 20.8 Å². The van der Waals surface area contributed by atoms with E-state index in [1.807, 2.05) is 20.8 Å². The Labute approximate surface area is 90.7 Å². The zero-order valence-corrected chi connectivity index (χ0v) is 9.75. The minimum absolute atomic E-state index is 0.0370. The molecule has 0 radical (unpaired) electrons. The molecule has 0 aliphatic rings. The highest BCUT2D eigenvalue weighted by molar-refractivity contribution is 7.78. The topological polar surface area (TPSA) is 87.6 Å². The molecular formula is C8H20N2O3S. The smallest absolute Gasteiger partial charge is 0.204 e. The number of nitrogens with two attached hydrogens (primary N) is 2. The molecule has 0 aromatic rings. The second-order valence-corrected chi connectivity index (χ2v) is 2.02. The predicted molar refractivity (Wildman–Crippen MR) is 60.8 cm³/mol. The number of rotatable bonds is 4. The summed E-state index contributed by atoms with van der Waals surface area (Å²) in [5.74, 6) is 0. The van der Waals surface area contributed by atoms with Crippen molar-refractivity contribution in [1.29, 1.82) is 0 Å². The molecule has 86 valence electrons.